The van der Waals surface area contributed by atoms with Crippen LogP contribution in [0.15, 0.2) is 53.1 Å². The van der Waals surface area contributed by atoms with Gasteiger partial charge < -0.3 is 9.26 Å². The van der Waals surface area contributed by atoms with E-state index in [2.05, 4.69) is 20.5 Å². The van der Waals surface area contributed by atoms with Crippen LogP contribution in [0, 0.1) is 5.82 Å². The molecule has 5 rings (SSSR count). The number of alkyl halides is 3. The van der Waals surface area contributed by atoms with Crippen LogP contribution in [-0.4, -0.2) is 25.1 Å². The molecule has 1 aliphatic rings. The molecule has 31 heavy (non-hydrogen) atoms. The Bertz CT molecular complexity index is 1220. The quantitative estimate of drug-likeness (QED) is 0.447. The normalized spacial score (nSPS) is 16.3. The van der Waals surface area contributed by atoms with Crippen molar-refractivity contribution in [3.05, 3.63) is 71.2 Å². The molecular weight excluding hydrogens is 418 g/mol. The number of hydrogen-bond acceptors (Lipinski definition) is 6. The van der Waals surface area contributed by atoms with E-state index in [1.54, 1.807) is 16.8 Å². The predicted octanol–water partition coefficient (Wildman–Crippen LogP) is 4.42. The minimum absolute atomic E-state index is 0.0833. The Balaban J connectivity index is 1.37. The van der Waals surface area contributed by atoms with Gasteiger partial charge in [0.25, 0.3) is 5.89 Å². The molecule has 0 saturated heterocycles. The largest absolute Gasteiger partial charge is 0.416 e. The lowest BCUT2D eigenvalue weighted by atomic mass is 10.1. The third kappa shape index (κ3) is 3.67. The van der Waals surface area contributed by atoms with E-state index in [-0.39, 0.29) is 30.2 Å². The van der Waals surface area contributed by atoms with Crippen molar-refractivity contribution in [2.45, 2.75) is 25.4 Å². The van der Waals surface area contributed by atoms with Crippen LogP contribution in [0.2, 0.25) is 0 Å². The summed E-state index contributed by atoms with van der Waals surface area (Å²) in [4.78, 5) is 4.24. The Morgan fingerprint density at radius 1 is 1.00 bits per heavy atom. The summed E-state index contributed by atoms with van der Waals surface area (Å²) in [6, 6.07) is 10.5. The molecule has 158 valence electrons. The van der Waals surface area contributed by atoms with Gasteiger partial charge in [-0.3, -0.25) is 0 Å². The van der Waals surface area contributed by atoms with E-state index in [0.717, 1.165) is 17.7 Å². The Morgan fingerprint density at radius 2 is 1.74 bits per heavy atom. The highest BCUT2D eigenvalue weighted by Crippen LogP contribution is 2.32. The number of fused-ring (bicyclic) bond motifs is 1. The van der Waals surface area contributed by atoms with Crippen molar-refractivity contribution in [1.82, 2.24) is 25.1 Å². The van der Waals surface area contributed by atoms with Gasteiger partial charge in [-0.25, -0.2) is 9.07 Å². The molecule has 0 spiro atoms. The maximum absolute atomic E-state index is 13.1. The number of rotatable bonds is 3. The van der Waals surface area contributed by atoms with E-state index in [1.165, 1.54) is 24.3 Å². The second kappa shape index (κ2) is 7.27. The summed E-state index contributed by atoms with van der Waals surface area (Å²) in [5.74, 6) is -0.116. The van der Waals surface area contributed by atoms with Gasteiger partial charge in [0.2, 0.25) is 5.82 Å². The van der Waals surface area contributed by atoms with Crippen molar-refractivity contribution in [3.8, 4) is 23.0 Å². The number of nitrogens with zero attached hydrogens (tertiary/aromatic N) is 5. The fourth-order valence-electron chi connectivity index (χ4n) is 3.30. The second-order valence-corrected chi connectivity index (χ2v) is 6.92. The number of halogens is 4. The highest BCUT2D eigenvalue weighted by molar-refractivity contribution is 5.59. The van der Waals surface area contributed by atoms with Crippen LogP contribution >= 0.6 is 0 Å². The lowest BCUT2D eigenvalue weighted by Gasteiger charge is -2.24. The topological polar surface area (TPSA) is 78.9 Å². The zero-order chi connectivity index (χ0) is 21.6. The molecular formula is C20H13F4N5O2. The van der Waals surface area contributed by atoms with Gasteiger partial charge >= 0.3 is 6.18 Å². The molecule has 7 nitrogen and oxygen atoms in total. The zero-order valence-corrected chi connectivity index (χ0v) is 15.7. The maximum Gasteiger partial charge on any atom is 0.416 e. The number of ether oxygens (including phenoxy) is 1. The van der Waals surface area contributed by atoms with E-state index in [1.807, 2.05) is 0 Å². The minimum Gasteiger partial charge on any atom is -0.365 e. The average molecular weight is 431 g/mol. The maximum atomic E-state index is 13.1. The van der Waals surface area contributed by atoms with Gasteiger partial charge in [-0.05, 0) is 29.8 Å². The van der Waals surface area contributed by atoms with Crippen LogP contribution in [0.5, 0.6) is 0 Å². The second-order valence-electron chi connectivity index (χ2n) is 6.92. The molecule has 0 N–H and O–H groups in total. The van der Waals surface area contributed by atoms with Crippen LogP contribution in [0.1, 0.15) is 22.9 Å². The van der Waals surface area contributed by atoms with Crippen molar-refractivity contribution in [3.63, 3.8) is 0 Å². The summed E-state index contributed by atoms with van der Waals surface area (Å²) in [6.07, 6.45) is -4.73. The molecule has 11 heteroatoms. The summed E-state index contributed by atoms with van der Waals surface area (Å²) < 4.78 is 64.1. The van der Waals surface area contributed by atoms with E-state index in [4.69, 9.17) is 9.26 Å². The Kier molecular flexibility index (Phi) is 4.54. The number of hydrogen-bond donors (Lipinski definition) is 0. The van der Waals surface area contributed by atoms with Gasteiger partial charge in [-0.1, -0.05) is 34.6 Å². The summed E-state index contributed by atoms with van der Waals surface area (Å²) in [5.41, 5.74) is 1.38. The zero-order valence-electron chi connectivity index (χ0n) is 15.7. The Morgan fingerprint density at radius 3 is 2.45 bits per heavy atom. The summed E-state index contributed by atoms with van der Waals surface area (Å²) in [5, 5.41) is 12.0. The molecule has 0 amide bonds. The van der Waals surface area contributed by atoms with Crippen molar-refractivity contribution >= 4 is 0 Å². The van der Waals surface area contributed by atoms with Crippen LogP contribution < -0.4 is 0 Å². The minimum atomic E-state index is -4.42. The fraction of sp³-hybridized carbons (Fsp3) is 0.200. The van der Waals surface area contributed by atoms with Gasteiger partial charge in [0.15, 0.2) is 5.69 Å². The molecule has 0 bridgehead atoms. The third-order valence-electron chi connectivity index (χ3n) is 4.94. The predicted molar refractivity (Wildman–Crippen MR) is 97.7 cm³/mol. The lowest BCUT2D eigenvalue weighted by Crippen LogP contribution is -2.22. The first-order chi connectivity index (χ1) is 14.9. The third-order valence-corrected chi connectivity index (χ3v) is 4.94. The standard InChI is InChI=1S/C20H13F4N5O2/c21-14-7-3-11(4-8-14)16-9-29-15(10-30-16)17(26-28-29)19-25-18(27-31-19)12-1-5-13(6-2-12)20(22,23)24/h1-8,16H,9-10H2/t16-/m1/s1. The van der Waals surface area contributed by atoms with Crippen molar-refractivity contribution in [2.75, 3.05) is 0 Å². The summed E-state index contributed by atoms with van der Waals surface area (Å²) in [6.45, 7) is 0.538. The smallest absolute Gasteiger partial charge is 0.365 e. The number of aromatic nitrogens is 5. The number of benzene rings is 2. The molecule has 0 saturated carbocycles. The summed E-state index contributed by atoms with van der Waals surface area (Å²) >= 11 is 0. The molecule has 4 aromatic rings. The molecule has 0 radical (unpaired) electrons. The van der Waals surface area contributed by atoms with E-state index >= 15 is 0 Å². The SMILES string of the molecule is Fc1ccc([C@H]2Cn3nnc(-c4nc(-c5ccc(C(F)(F)F)cc5)no4)c3CO2)cc1. The monoisotopic (exact) mass is 431 g/mol. The first kappa shape index (κ1) is 19.4. The summed E-state index contributed by atoms with van der Waals surface area (Å²) in [7, 11) is 0. The van der Waals surface area contributed by atoms with Crippen LogP contribution in [-0.2, 0) is 24.1 Å². The average Bonchev–Trinajstić information content (AvgIpc) is 3.40. The van der Waals surface area contributed by atoms with E-state index < -0.39 is 11.7 Å². The Hall–Kier alpha value is -3.60. The van der Waals surface area contributed by atoms with Crippen LogP contribution in [0.4, 0.5) is 17.6 Å². The molecule has 3 heterocycles. The van der Waals surface area contributed by atoms with Gasteiger partial charge in [-0.2, -0.15) is 18.2 Å². The van der Waals surface area contributed by atoms with Gasteiger partial charge in [0.05, 0.1) is 24.4 Å². The van der Waals surface area contributed by atoms with Crippen molar-refractivity contribution in [2.24, 2.45) is 0 Å². The van der Waals surface area contributed by atoms with Gasteiger partial charge in [0, 0.05) is 5.56 Å². The molecule has 1 aliphatic heterocycles. The Labute approximate surface area is 172 Å². The molecule has 1 atom stereocenters. The molecule has 2 aromatic heterocycles. The molecule has 0 fully saturated rings. The fourth-order valence-corrected chi connectivity index (χ4v) is 3.30. The highest BCUT2D eigenvalue weighted by atomic mass is 19.4. The van der Waals surface area contributed by atoms with E-state index in [0.29, 0.717) is 23.5 Å². The van der Waals surface area contributed by atoms with Crippen molar-refractivity contribution < 1.29 is 26.8 Å². The van der Waals surface area contributed by atoms with Crippen molar-refractivity contribution in [1.29, 1.82) is 0 Å². The van der Waals surface area contributed by atoms with Gasteiger partial charge in [0.1, 0.15) is 11.9 Å². The molecule has 2 aromatic carbocycles. The molecule has 0 unspecified atom stereocenters. The molecule has 0 aliphatic carbocycles. The lowest BCUT2D eigenvalue weighted by molar-refractivity contribution is -0.137. The van der Waals surface area contributed by atoms with Crippen LogP contribution in [0.25, 0.3) is 23.0 Å². The van der Waals surface area contributed by atoms with Crippen LogP contribution in [0.3, 0.4) is 0 Å². The first-order valence-electron chi connectivity index (χ1n) is 9.19. The first-order valence-corrected chi connectivity index (χ1v) is 9.19. The highest BCUT2D eigenvalue weighted by Gasteiger charge is 2.31. The van der Waals surface area contributed by atoms with Gasteiger partial charge in [-0.15, -0.1) is 5.10 Å². The van der Waals surface area contributed by atoms with E-state index in [9.17, 15) is 17.6 Å².